The number of carbonyl (C=O) groups is 2. The molecular formula is C14H20N4O2. The Kier molecular flexibility index (Phi) is 3.38. The van der Waals surface area contributed by atoms with Crippen LogP contribution in [0.4, 0.5) is 0 Å². The molecule has 2 bridgehead atoms. The Labute approximate surface area is 118 Å². The molecule has 3 saturated heterocycles. The summed E-state index contributed by atoms with van der Waals surface area (Å²) in [6, 6.07) is 2.12. The lowest BCUT2D eigenvalue weighted by Crippen LogP contribution is -2.51. The maximum absolute atomic E-state index is 12.4. The van der Waals surface area contributed by atoms with Gasteiger partial charge in [0.05, 0.1) is 18.0 Å². The highest BCUT2D eigenvalue weighted by Gasteiger charge is 2.45. The van der Waals surface area contributed by atoms with E-state index in [4.69, 9.17) is 5.26 Å². The summed E-state index contributed by atoms with van der Waals surface area (Å²) in [5, 5.41) is 12.2. The number of nitrogens with one attached hydrogen (secondary N) is 1. The smallest absolute Gasteiger partial charge is 0.240 e. The van der Waals surface area contributed by atoms with E-state index in [0.717, 1.165) is 25.8 Å². The third-order valence-electron chi connectivity index (χ3n) is 4.71. The van der Waals surface area contributed by atoms with E-state index in [1.54, 1.807) is 4.90 Å². The highest BCUT2D eigenvalue weighted by atomic mass is 16.2. The van der Waals surface area contributed by atoms with Crippen LogP contribution in [0.25, 0.3) is 0 Å². The predicted molar refractivity (Wildman–Crippen MR) is 71.4 cm³/mol. The minimum absolute atomic E-state index is 0.0117. The second-order valence-corrected chi connectivity index (χ2v) is 6.06. The summed E-state index contributed by atoms with van der Waals surface area (Å²) in [5.74, 6) is -0.0935. The van der Waals surface area contributed by atoms with Gasteiger partial charge in [0.2, 0.25) is 11.8 Å². The van der Waals surface area contributed by atoms with Crippen LogP contribution in [-0.4, -0.2) is 59.4 Å². The molecule has 20 heavy (non-hydrogen) atoms. The van der Waals surface area contributed by atoms with Crippen molar-refractivity contribution < 1.29 is 9.59 Å². The highest BCUT2D eigenvalue weighted by Crippen LogP contribution is 2.26. The second kappa shape index (κ2) is 5.06. The monoisotopic (exact) mass is 276 g/mol. The van der Waals surface area contributed by atoms with Gasteiger partial charge in [0.1, 0.15) is 6.04 Å². The van der Waals surface area contributed by atoms with Crippen molar-refractivity contribution in [2.24, 2.45) is 5.92 Å². The van der Waals surface area contributed by atoms with Gasteiger partial charge in [-0.3, -0.25) is 9.59 Å². The van der Waals surface area contributed by atoms with Gasteiger partial charge < -0.3 is 15.1 Å². The van der Waals surface area contributed by atoms with Crippen molar-refractivity contribution in [3.05, 3.63) is 0 Å². The van der Waals surface area contributed by atoms with Gasteiger partial charge in [0.15, 0.2) is 0 Å². The number of hydrogen-bond acceptors (Lipinski definition) is 4. The summed E-state index contributed by atoms with van der Waals surface area (Å²) >= 11 is 0. The summed E-state index contributed by atoms with van der Waals surface area (Å²) in [6.45, 7) is 3.85. The van der Waals surface area contributed by atoms with Crippen LogP contribution in [-0.2, 0) is 9.59 Å². The van der Waals surface area contributed by atoms with Gasteiger partial charge in [-0.2, -0.15) is 5.26 Å². The Balaban J connectivity index is 1.62. The Morgan fingerprint density at radius 1 is 1.60 bits per heavy atom. The number of piperazine rings is 1. The molecule has 1 N–H and O–H groups in total. The summed E-state index contributed by atoms with van der Waals surface area (Å²) in [5.41, 5.74) is 0. The molecule has 0 aromatic heterocycles. The Morgan fingerprint density at radius 2 is 2.40 bits per heavy atom. The quantitative estimate of drug-likeness (QED) is 0.768. The molecule has 4 atom stereocenters. The molecule has 0 radical (unpaired) electrons. The first-order chi connectivity index (χ1) is 9.61. The number of nitrogens with zero attached hydrogens (tertiary/aromatic N) is 3. The van der Waals surface area contributed by atoms with E-state index in [2.05, 4.69) is 11.4 Å². The second-order valence-electron chi connectivity index (χ2n) is 6.06. The van der Waals surface area contributed by atoms with Crippen LogP contribution in [0.1, 0.15) is 26.2 Å². The summed E-state index contributed by atoms with van der Waals surface area (Å²) in [7, 11) is 0. The van der Waals surface area contributed by atoms with Gasteiger partial charge in [-0.15, -0.1) is 0 Å². The standard InChI is InChI=1S/C14H20N4O2/c1-9(13(19)17-4-2-3-10(17)6-15)8-18-11-5-12(14(18)20)16-7-11/h9-12,16H,2-5,7-8H2,1H3/t9-,10-,11-,12-/m0/s1. The number of nitriles is 1. The van der Waals surface area contributed by atoms with E-state index >= 15 is 0 Å². The lowest BCUT2D eigenvalue weighted by atomic mass is 10.1. The molecule has 0 unspecified atom stereocenters. The van der Waals surface area contributed by atoms with Crippen LogP contribution in [0, 0.1) is 17.2 Å². The average molecular weight is 276 g/mol. The molecule has 3 heterocycles. The van der Waals surface area contributed by atoms with Crippen molar-refractivity contribution in [2.45, 2.75) is 44.3 Å². The molecule has 3 fully saturated rings. The van der Waals surface area contributed by atoms with Crippen LogP contribution < -0.4 is 5.32 Å². The van der Waals surface area contributed by atoms with Crippen molar-refractivity contribution >= 4 is 11.8 Å². The molecule has 0 aromatic carbocycles. The third kappa shape index (κ3) is 2.06. The lowest BCUT2D eigenvalue weighted by molar-refractivity contribution is -0.138. The summed E-state index contributed by atoms with van der Waals surface area (Å²) in [4.78, 5) is 28.0. The SMILES string of the molecule is C[C@@H](CN1C(=O)[C@@H]2C[C@H]1CN2)C(=O)N1CCC[C@H]1C#N. The van der Waals surface area contributed by atoms with Gasteiger partial charge in [0.25, 0.3) is 0 Å². The number of carbonyl (C=O) groups excluding carboxylic acids is 2. The molecule has 3 aliphatic heterocycles. The molecule has 0 aromatic rings. The molecule has 0 spiro atoms. The number of amides is 2. The van der Waals surface area contributed by atoms with Crippen LogP contribution in [0.2, 0.25) is 0 Å². The van der Waals surface area contributed by atoms with Crippen molar-refractivity contribution in [3.8, 4) is 6.07 Å². The van der Waals surface area contributed by atoms with E-state index in [1.165, 1.54) is 0 Å². The third-order valence-corrected chi connectivity index (χ3v) is 4.71. The minimum Gasteiger partial charge on any atom is -0.336 e. The van der Waals surface area contributed by atoms with Crippen LogP contribution in [0.5, 0.6) is 0 Å². The fourth-order valence-corrected chi connectivity index (χ4v) is 3.58. The van der Waals surface area contributed by atoms with Crippen molar-refractivity contribution in [2.75, 3.05) is 19.6 Å². The van der Waals surface area contributed by atoms with E-state index in [1.807, 2.05) is 11.8 Å². The Morgan fingerprint density at radius 3 is 3.05 bits per heavy atom. The van der Waals surface area contributed by atoms with E-state index in [-0.39, 0.29) is 35.9 Å². The first kappa shape index (κ1) is 13.4. The molecule has 6 nitrogen and oxygen atoms in total. The Hall–Kier alpha value is -1.61. The zero-order valence-corrected chi connectivity index (χ0v) is 11.7. The highest BCUT2D eigenvalue weighted by molar-refractivity contribution is 5.87. The lowest BCUT2D eigenvalue weighted by Gasteiger charge is -2.31. The first-order valence-electron chi connectivity index (χ1n) is 7.35. The van der Waals surface area contributed by atoms with Crippen LogP contribution >= 0.6 is 0 Å². The molecule has 3 aliphatic rings. The van der Waals surface area contributed by atoms with Gasteiger partial charge in [-0.1, -0.05) is 6.92 Å². The predicted octanol–water partition coefficient (Wildman–Crippen LogP) is -0.290. The number of fused-ring (bicyclic) bond motifs is 2. The average Bonchev–Trinajstić information content (AvgIpc) is 3.15. The van der Waals surface area contributed by atoms with Gasteiger partial charge in [-0.25, -0.2) is 0 Å². The molecule has 6 heteroatoms. The van der Waals surface area contributed by atoms with Crippen molar-refractivity contribution in [1.29, 1.82) is 5.26 Å². The van der Waals surface area contributed by atoms with Crippen molar-refractivity contribution in [3.63, 3.8) is 0 Å². The van der Waals surface area contributed by atoms with Crippen LogP contribution in [0.15, 0.2) is 0 Å². The van der Waals surface area contributed by atoms with Gasteiger partial charge in [-0.05, 0) is 19.3 Å². The van der Waals surface area contributed by atoms with E-state index in [0.29, 0.717) is 13.1 Å². The minimum atomic E-state index is -0.280. The number of likely N-dealkylation sites (tertiary alicyclic amines) is 2. The zero-order valence-electron chi connectivity index (χ0n) is 11.7. The largest absolute Gasteiger partial charge is 0.336 e. The maximum atomic E-state index is 12.4. The molecular weight excluding hydrogens is 256 g/mol. The molecule has 2 amide bonds. The number of rotatable bonds is 3. The topological polar surface area (TPSA) is 76.4 Å². The Bertz CT molecular complexity index is 472. The van der Waals surface area contributed by atoms with E-state index < -0.39 is 0 Å². The van der Waals surface area contributed by atoms with Crippen molar-refractivity contribution in [1.82, 2.24) is 15.1 Å². The maximum Gasteiger partial charge on any atom is 0.240 e. The fraction of sp³-hybridized carbons (Fsp3) is 0.786. The van der Waals surface area contributed by atoms with Crippen LogP contribution in [0.3, 0.4) is 0 Å². The summed E-state index contributed by atoms with van der Waals surface area (Å²) in [6.07, 6.45) is 2.53. The number of hydrogen-bond donors (Lipinski definition) is 1. The first-order valence-corrected chi connectivity index (χ1v) is 7.35. The molecule has 3 rings (SSSR count). The zero-order chi connectivity index (χ0) is 14.3. The van der Waals surface area contributed by atoms with Gasteiger partial charge >= 0.3 is 0 Å². The van der Waals surface area contributed by atoms with Gasteiger partial charge in [0, 0.05) is 25.7 Å². The van der Waals surface area contributed by atoms with E-state index in [9.17, 15) is 9.59 Å². The fourth-order valence-electron chi connectivity index (χ4n) is 3.58. The normalized spacial score (nSPS) is 33.6. The molecule has 108 valence electrons. The molecule has 0 aliphatic carbocycles. The summed E-state index contributed by atoms with van der Waals surface area (Å²) < 4.78 is 0. The molecule has 0 saturated carbocycles.